The van der Waals surface area contributed by atoms with Crippen LogP contribution in [0.25, 0.3) is 0 Å². The van der Waals surface area contributed by atoms with E-state index in [1.165, 1.54) is 6.42 Å². The molecule has 1 N–H and O–H groups in total. The molecule has 1 atom stereocenters. The molecule has 0 aromatic heterocycles. The van der Waals surface area contributed by atoms with Crippen molar-refractivity contribution in [1.29, 1.82) is 0 Å². The molecule has 0 aromatic carbocycles. The number of carbonyl (C=O) groups excluding carboxylic acids is 2. The van der Waals surface area contributed by atoms with E-state index in [9.17, 15) is 9.59 Å². The van der Waals surface area contributed by atoms with Crippen LogP contribution < -0.4 is 5.32 Å². The van der Waals surface area contributed by atoms with Crippen molar-refractivity contribution in [3.05, 3.63) is 0 Å². The monoisotopic (exact) mass is 309 g/mol. The molecule has 0 aromatic rings. The largest absolute Gasteiger partial charge is 0.343 e. The maximum atomic E-state index is 12.4. The van der Waals surface area contributed by atoms with Gasteiger partial charge in [-0.2, -0.15) is 0 Å². The zero-order valence-electron chi connectivity index (χ0n) is 14.1. The molecule has 2 heterocycles. The molecule has 5 nitrogen and oxygen atoms in total. The summed E-state index contributed by atoms with van der Waals surface area (Å²) in [4.78, 5) is 28.5. The summed E-state index contributed by atoms with van der Waals surface area (Å²) >= 11 is 0. The van der Waals surface area contributed by atoms with Crippen LogP contribution in [0.15, 0.2) is 0 Å². The van der Waals surface area contributed by atoms with Crippen LogP contribution in [0.2, 0.25) is 0 Å². The van der Waals surface area contributed by atoms with Crippen LogP contribution in [0.5, 0.6) is 0 Å². The van der Waals surface area contributed by atoms with Crippen molar-refractivity contribution in [3.8, 4) is 0 Å². The highest BCUT2D eigenvalue weighted by Crippen LogP contribution is 2.22. The van der Waals surface area contributed by atoms with Gasteiger partial charge in [0.05, 0.1) is 0 Å². The van der Waals surface area contributed by atoms with E-state index in [0.717, 1.165) is 58.5 Å². The van der Waals surface area contributed by atoms with Gasteiger partial charge in [-0.05, 0) is 58.5 Å². The van der Waals surface area contributed by atoms with Crippen molar-refractivity contribution in [1.82, 2.24) is 15.1 Å². The highest BCUT2D eigenvalue weighted by molar-refractivity contribution is 5.80. The standard InChI is InChI=1S/C17H31N3O2/c1-3-19(4-2)17(22)15-8-11-20(12-9-15)16(21)6-5-14-7-10-18-13-14/h14-15,18H,3-13H2,1-2H3. The van der Waals surface area contributed by atoms with Crippen molar-refractivity contribution in [2.45, 2.75) is 46.0 Å². The van der Waals surface area contributed by atoms with E-state index in [2.05, 4.69) is 5.32 Å². The number of likely N-dealkylation sites (tertiary alicyclic amines) is 1. The third kappa shape index (κ3) is 4.45. The molecular weight excluding hydrogens is 278 g/mol. The van der Waals surface area contributed by atoms with E-state index in [0.29, 0.717) is 12.3 Å². The van der Waals surface area contributed by atoms with Crippen LogP contribution in [0, 0.1) is 11.8 Å². The maximum absolute atomic E-state index is 12.4. The number of nitrogens with zero attached hydrogens (tertiary/aromatic N) is 2. The molecule has 2 aliphatic rings. The quantitative estimate of drug-likeness (QED) is 0.808. The molecule has 0 aliphatic carbocycles. The van der Waals surface area contributed by atoms with E-state index >= 15 is 0 Å². The fraction of sp³-hybridized carbons (Fsp3) is 0.882. The average molecular weight is 309 g/mol. The molecule has 5 heteroatoms. The Kier molecular flexibility index (Phi) is 6.68. The minimum atomic E-state index is 0.114. The summed E-state index contributed by atoms with van der Waals surface area (Å²) in [6, 6.07) is 0. The minimum Gasteiger partial charge on any atom is -0.343 e. The molecule has 2 amide bonds. The lowest BCUT2D eigenvalue weighted by atomic mass is 9.94. The zero-order valence-corrected chi connectivity index (χ0v) is 14.1. The predicted octanol–water partition coefficient (Wildman–Crippen LogP) is 1.48. The molecule has 0 spiro atoms. The summed E-state index contributed by atoms with van der Waals surface area (Å²) in [5.74, 6) is 1.34. The summed E-state index contributed by atoms with van der Waals surface area (Å²) < 4.78 is 0. The van der Waals surface area contributed by atoms with Gasteiger partial charge in [-0.25, -0.2) is 0 Å². The van der Waals surface area contributed by atoms with Gasteiger partial charge < -0.3 is 15.1 Å². The molecule has 0 radical (unpaired) electrons. The van der Waals surface area contributed by atoms with Gasteiger partial charge >= 0.3 is 0 Å². The van der Waals surface area contributed by atoms with E-state index in [4.69, 9.17) is 0 Å². The highest BCUT2D eigenvalue weighted by Gasteiger charge is 2.29. The first kappa shape index (κ1) is 17.3. The maximum Gasteiger partial charge on any atom is 0.225 e. The topological polar surface area (TPSA) is 52.7 Å². The summed E-state index contributed by atoms with van der Waals surface area (Å²) in [6.45, 7) is 9.27. The number of hydrogen-bond acceptors (Lipinski definition) is 3. The van der Waals surface area contributed by atoms with Crippen LogP contribution in [0.1, 0.15) is 46.0 Å². The molecule has 22 heavy (non-hydrogen) atoms. The van der Waals surface area contributed by atoms with Crippen molar-refractivity contribution in [3.63, 3.8) is 0 Å². The lowest BCUT2D eigenvalue weighted by molar-refractivity contribution is -0.140. The van der Waals surface area contributed by atoms with Crippen molar-refractivity contribution < 1.29 is 9.59 Å². The smallest absolute Gasteiger partial charge is 0.225 e. The Morgan fingerprint density at radius 1 is 1.14 bits per heavy atom. The Morgan fingerprint density at radius 2 is 1.82 bits per heavy atom. The highest BCUT2D eigenvalue weighted by atomic mass is 16.2. The second-order valence-electron chi connectivity index (χ2n) is 6.56. The van der Waals surface area contributed by atoms with E-state index in [1.54, 1.807) is 0 Å². The molecule has 0 saturated carbocycles. The van der Waals surface area contributed by atoms with Gasteiger partial charge in [0.2, 0.25) is 11.8 Å². The minimum absolute atomic E-state index is 0.114. The number of amides is 2. The van der Waals surface area contributed by atoms with Gasteiger partial charge in [-0.1, -0.05) is 0 Å². The lowest BCUT2D eigenvalue weighted by Crippen LogP contribution is -2.44. The molecule has 2 fully saturated rings. The van der Waals surface area contributed by atoms with E-state index in [1.807, 2.05) is 23.6 Å². The molecule has 2 aliphatic heterocycles. The van der Waals surface area contributed by atoms with Crippen molar-refractivity contribution >= 4 is 11.8 Å². The number of rotatable bonds is 6. The molecule has 2 rings (SSSR count). The Balaban J connectivity index is 1.71. The fourth-order valence-electron chi connectivity index (χ4n) is 3.62. The van der Waals surface area contributed by atoms with Gasteiger partial charge in [0.25, 0.3) is 0 Å². The van der Waals surface area contributed by atoms with Crippen LogP contribution in [0.4, 0.5) is 0 Å². The molecule has 126 valence electrons. The first-order valence-electron chi connectivity index (χ1n) is 8.93. The summed E-state index contributed by atoms with van der Waals surface area (Å²) in [5.41, 5.74) is 0. The van der Waals surface area contributed by atoms with Gasteiger partial charge in [0.15, 0.2) is 0 Å². The fourth-order valence-corrected chi connectivity index (χ4v) is 3.62. The van der Waals surface area contributed by atoms with Gasteiger partial charge in [-0.3, -0.25) is 9.59 Å². The summed E-state index contributed by atoms with van der Waals surface area (Å²) in [5, 5.41) is 3.35. The van der Waals surface area contributed by atoms with Crippen LogP contribution in [-0.4, -0.2) is 60.9 Å². The predicted molar refractivity (Wildman–Crippen MR) is 87.4 cm³/mol. The van der Waals surface area contributed by atoms with Crippen LogP contribution in [-0.2, 0) is 9.59 Å². The SMILES string of the molecule is CCN(CC)C(=O)C1CCN(C(=O)CCC2CCNC2)CC1. The number of carbonyl (C=O) groups is 2. The summed E-state index contributed by atoms with van der Waals surface area (Å²) in [6.07, 6.45) is 4.52. The molecule has 0 bridgehead atoms. The molecule has 1 unspecified atom stereocenters. The number of piperidine rings is 1. The van der Waals surface area contributed by atoms with Crippen molar-refractivity contribution in [2.24, 2.45) is 11.8 Å². The van der Waals surface area contributed by atoms with Gasteiger partial charge in [-0.15, -0.1) is 0 Å². The zero-order chi connectivity index (χ0) is 15.9. The summed E-state index contributed by atoms with van der Waals surface area (Å²) in [7, 11) is 0. The lowest BCUT2D eigenvalue weighted by Gasteiger charge is -2.34. The first-order valence-corrected chi connectivity index (χ1v) is 8.93. The normalized spacial score (nSPS) is 22.8. The van der Waals surface area contributed by atoms with Gasteiger partial charge in [0.1, 0.15) is 0 Å². The number of nitrogens with one attached hydrogen (secondary N) is 1. The van der Waals surface area contributed by atoms with E-state index < -0.39 is 0 Å². The second-order valence-corrected chi connectivity index (χ2v) is 6.56. The average Bonchev–Trinajstić information content (AvgIpc) is 3.07. The van der Waals surface area contributed by atoms with Crippen molar-refractivity contribution in [2.75, 3.05) is 39.3 Å². The van der Waals surface area contributed by atoms with E-state index in [-0.39, 0.29) is 17.7 Å². The Morgan fingerprint density at radius 3 is 2.36 bits per heavy atom. The number of hydrogen-bond donors (Lipinski definition) is 1. The Bertz CT molecular complexity index is 368. The second kappa shape index (κ2) is 8.51. The third-order valence-corrected chi connectivity index (χ3v) is 5.20. The van der Waals surface area contributed by atoms with Gasteiger partial charge in [0, 0.05) is 38.5 Å². The molecule has 2 saturated heterocycles. The first-order chi connectivity index (χ1) is 10.7. The third-order valence-electron chi connectivity index (χ3n) is 5.20. The van der Waals surface area contributed by atoms with Crippen LogP contribution in [0.3, 0.4) is 0 Å². The Hall–Kier alpha value is -1.10. The molecular formula is C17H31N3O2. The van der Waals surface area contributed by atoms with Crippen LogP contribution >= 0.6 is 0 Å². The Labute approximate surface area is 134 Å².